The van der Waals surface area contributed by atoms with E-state index in [4.69, 9.17) is 0 Å². The van der Waals surface area contributed by atoms with Crippen molar-refractivity contribution in [1.29, 1.82) is 0 Å². The normalized spacial score (nSPS) is 20.6. The van der Waals surface area contributed by atoms with Crippen LogP contribution < -0.4 is 5.32 Å². The predicted molar refractivity (Wildman–Crippen MR) is 90.6 cm³/mol. The highest BCUT2D eigenvalue weighted by atomic mass is 15.3. The summed E-state index contributed by atoms with van der Waals surface area (Å²) in [4.78, 5) is 5.09. The Balaban J connectivity index is 1.88. The zero-order valence-corrected chi connectivity index (χ0v) is 14.0. The number of nitrogens with zero attached hydrogens (tertiary/aromatic N) is 2. The van der Waals surface area contributed by atoms with Crippen molar-refractivity contribution in [2.75, 3.05) is 39.8 Å². The second-order valence-corrected chi connectivity index (χ2v) is 6.69. The van der Waals surface area contributed by atoms with Crippen LogP contribution in [-0.2, 0) is 0 Å². The van der Waals surface area contributed by atoms with Crippen molar-refractivity contribution in [3.63, 3.8) is 0 Å². The minimum atomic E-state index is 0.417. The third kappa shape index (κ3) is 4.80. The molecule has 0 amide bonds. The van der Waals surface area contributed by atoms with Crippen LogP contribution in [0, 0.1) is 5.92 Å². The van der Waals surface area contributed by atoms with Crippen LogP contribution in [0.1, 0.15) is 32.4 Å². The van der Waals surface area contributed by atoms with Gasteiger partial charge in [0.25, 0.3) is 0 Å². The Bertz CT molecular complexity index is 396. The Labute approximate surface area is 130 Å². The molecule has 0 saturated carbocycles. The first-order valence-corrected chi connectivity index (χ1v) is 8.29. The molecule has 0 aliphatic carbocycles. The van der Waals surface area contributed by atoms with E-state index >= 15 is 0 Å². The Morgan fingerprint density at radius 2 is 1.62 bits per heavy atom. The molecule has 1 aromatic carbocycles. The van der Waals surface area contributed by atoms with Crippen LogP contribution in [0.5, 0.6) is 0 Å². The van der Waals surface area contributed by atoms with Gasteiger partial charge in [0.2, 0.25) is 0 Å². The van der Waals surface area contributed by atoms with Gasteiger partial charge in [-0.05, 0) is 25.5 Å². The minimum Gasteiger partial charge on any atom is -0.309 e. The van der Waals surface area contributed by atoms with E-state index in [1.54, 1.807) is 0 Å². The number of benzene rings is 1. The minimum absolute atomic E-state index is 0.417. The highest BCUT2D eigenvalue weighted by Gasteiger charge is 2.25. The smallest absolute Gasteiger partial charge is 0.0292 e. The molecule has 0 spiro atoms. The van der Waals surface area contributed by atoms with Crippen LogP contribution in [0.2, 0.25) is 0 Å². The Kier molecular flexibility index (Phi) is 6.22. The monoisotopic (exact) mass is 289 g/mol. The molecule has 0 radical (unpaired) electrons. The Morgan fingerprint density at radius 3 is 2.19 bits per heavy atom. The molecule has 2 rings (SSSR count). The lowest BCUT2D eigenvalue weighted by molar-refractivity contribution is 0.0863. The zero-order valence-electron chi connectivity index (χ0n) is 14.0. The molecule has 1 aliphatic heterocycles. The van der Waals surface area contributed by atoms with Gasteiger partial charge in [-0.2, -0.15) is 0 Å². The average Bonchev–Trinajstić information content (AvgIpc) is 2.49. The average molecular weight is 289 g/mol. The third-order valence-electron chi connectivity index (χ3n) is 4.71. The first-order chi connectivity index (χ1) is 10.1. The molecule has 0 bridgehead atoms. The standard InChI is InChI=1S/C18H31N3/c1-15(2)18(21-12-10-20(4)11-13-21)14-19-16(3)17-8-6-5-7-9-17/h5-9,15-16,18-19H,10-14H2,1-4H3. The van der Waals surface area contributed by atoms with Crippen LogP contribution >= 0.6 is 0 Å². The highest BCUT2D eigenvalue weighted by Crippen LogP contribution is 2.16. The van der Waals surface area contributed by atoms with Gasteiger partial charge in [-0.15, -0.1) is 0 Å². The van der Waals surface area contributed by atoms with Crippen LogP contribution in [0.4, 0.5) is 0 Å². The number of hydrogen-bond acceptors (Lipinski definition) is 3. The molecule has 1 saturated heterocycles. The largest absolute Gasteiger partial charge is 0.309 e. The van der Waals surface area contributed by atoms with Gasteiger partial charge in [-0.3, -0.25) is 4.90 Å². The summed E-state index contributed by atoms with van der Waals surface area (Å²) in [7, 11) is 2.22. The summed E-state index contributed by atoms with van der Waals surface area (Å²) in [6, 6.07) is 11.8. The van der Waals surface area contributed by atoms with Gasteiger partial charge >= 0.3 is 0 Å². The summed E-state index contributed by atoms with van der Waals surface area (Å²) in [5.41, 5.74) is 1.37. The third-order valence-corrected chi connectivity index (χ3v) is 4.71. The quantitative estimate of drug-likeness (QED) is 0.868. The van der Waals surface area contributed by atoms with Crippen molar-refractivity contribution in [3.8, 4) is 0 Å². The lowest BCUT2D eigenvalue weighted by atomic mass is 10.0. The molecular formula is C18H31N3. The second-order valence-electron chi connectivity index (χ2n) is 6.69. The van der Waals surface area contributed by atoms with E-state index in [0.29, 0.717) is 18.0 Å². The van der Waals surface area contributed by atoms with Crippen LogP contribution in [0.25, 0.3) is 0 Å². The number of piperazine rings is 1. The number of hydrogen-bond donors (Lipinski definition) is 1. The predicted octanol–water partition coefficient (Wildman–Crippen LogP) is 2.61. The maximum atomic E-state index is 3.73. The van der Waals surface area contributed by atoms with Crippen LogP contribution in [0.15, 0.2) is 30.3 Å². The van der Waals surface area contributed by atoms with E-state index in [1.165, 1.54) is 31.7 Å². The van der Waals surface area contributed by atoms with E-state index in [-0.39, 0.29) is 0 Å². The van der Waals surface area contributed by atoms with E-state index < -0.39 is 0 Å². The van der Waals surface area contributed by atoms with Gasteiger partial charge in [-0.25, -0.2) is 0 Å². The molecule has 1 N–H and O–H groups in total. The van der Waals surface area contributed by atoms with E-state index in [2.05, 4.69) is 73.3 Å². The summed E-state index contributed by atoms with van der Waals surface area (Å²) in [5.74, 6) is 0.684. The highest BCUT2D eigenvalue weighted by molar-refractivity contribution is 5.18. The van der Waals surface area contributed by atoms with Gasteiger partial charge < -0.3 is 10.2 Å². The van der Waals surface area contributed by atoms with E-state index in [1.807, 2.05) is 0 Å². The van der Waals surface area contributed by atoms with Gasteiger partial charge in [-0.1, -0.05) is 44.2 Å². The molecule has 1 heterocycles. The number of rotatable bonds is 6. The first-order valence-electron chi connectivity index (χ1n) is 8.29. The van der Waals surface area contributed by atoms with Crippen molar-refractivity contribution >= 4 is 0 Å². The summed E-state index contributed by atoms with van der Waals surface area (Å²) >= 11 is 0. The summed E-state index contributed by atoms with van der Waals surface area (Å²) in [5, 5.41) is 3.73. The lowest BCUT2D eigenvalue weighted by Crippen LogP contribution is -2.53. The maximum Gasteiger partial charge on any atom is 0.0292 e. The molecule has 1 aliphatic rings. The molecule has 21 heavy (non-hydrogen) atoms. The molecule has 0 aromatic heterocycles. The van der Waals surface area contributed by atoms with Crippen LogP contribution in [0.3, 0.4) is 0 Å². The van der Waals surface area contributed by atoms with Crippen LogP contribution in [-0.4, -0.2) is 55.6 Å². The molecule has 3 nitrogen and oxygen atoms in total. The summed E-state index contributed by atoms with van der Waals surface area (Å²) in [6.07, 6.45) is 0. The Morgan fingerprint density at radius 1 is 1.00 bits per heavy atom. The molecule has 2 atom stereocenters. The lowest BCUT2D eigenvalue weighted by Gasteiger charge is -2.40. The molecule has 1 aromatic rings. The molecule has 2 unspecified atom stereocenters. The Hall–Kier alpha value is -0.900. The fraction of sp³-hybridized carbons (Fsp3) is 0.667. The summed E-state index contributed by atoms with van der Waals surface area (Å²) < 4.78 is 0. The van der Waals surface area contributed by atoms with Gasteiger partial charge in [0.05, 0.1) is 0 Å². The van der Waals surface area contributed by atoms with E-state index in [9.17, 15) is 0 Å². The van der Waals surface area contributed by atoms with E-state index in [0.717, 1.165) is 6.54 Å². The molecule has 118 valence electrons. The first kappa shape index (κ1) is 16.5. The van der Waals surface area contributed by atoms with Crippen molar-refractivity contribution in [1.82, 2.24) is 15.1 Å². The number of nitrogens with one attached hydrogen (secondary N) is 1. The fourth-order valence-electron chi connectivity index (χ4n) is 3.10. The van der Waals surface area contributed by atoms with Gasteiger partial charge in [0, 0.05) is 44.8 Å². The van der Waals surface area contributed by atoms with Crippen molar-refractivity contribution in [2.45, 2.75) is 32.9 Å². The van der Waals surface area contributed by atoms with Gasteiger partial charge in [0.1, 0.15) is 0 Å². The second kappa shape index (κ2) is 7.92. The molecular weight excluding hydrogens is 258 g/mol. The fourth-order valence-corrected chi connectivity index (χ4v) is 3.10. The topological polar surface area (TPSA) is 18.5 Å². The SMILES string of the molecule is CC(NCC(C(C)C)N1CCN(C)CC1)c1ccccc1. The van der Waals surface area contributed by atoms with Crippen molar-refractivity contribution in [3.05, 3.63) is 35.9 Å². The molecule has 1 fully saturated rings. The van der Waals surface area contributed by atoms with Gasteiger partial charge in [0.15, 0.2) is 0 Å². The maximum absolute atomic E-state index is 3.73. The molecule has 3 heteroatoms. The van der Waals surface area contributed by atoms with Crippen molar-refractivity contribution < 1.29 is 0 Å². The zero-order chi connectivity index (χ0) is 15.2. The number of likely N-dealkylation sites (N-methyl/N-ethyl adjacent to an activating group) is 1. The summed E-state index contributed by atoms with van der Waals surface area (Å²) in [6.45, 7) is 12.8. The van der Waals surface area contributed by atoms with Crippen molar-refractivity contribution in [2.24, 2.45) is 5.92 Å².